The lowest BCUT2D eigenvalue weighted by Crippen LogP contribution is -2.33. The van der Waals surface area contributed by atoms with Crippen molar-refractivity contribution >= 4 is 28.4 Å². The van der Waals surface area contributed by atoms with E-state index in [0.29, 0.717) is 10.6 Å². The molecule has 2 atom stereocenters. The van der Waals surface area contributed by atoms with Crippen LogP contribution in [-0.2, 0) is 0 Å². The summed E-state index contributed by atoms with van der Waals surface area (Å²) < 4.78 is 0. The van der Waals surface area contributed by atoms with E-state index in [2.05, 4.69) is 10.3 Å². The van der Waals surface area contributed by atoms with Gasteiger partial charge in [0.25, 0.3) is 5.91 Å². The molecule has 1 aliphatic rings. The van der Waals surface area contributed by atoms with Crippen molar-refractivity contribution in [2.45, 2.75) is 19.4 Å². The fraction of sp³-hybridized carbons (Fsp3) is 0.312. The third kappa shape index (κ3) is 2.69. The molecule has 0 fully saturated rings. The normalized spacial score (nSPS) is 21.1. The Balaban J connectivity index is 1.86. The number of carbonyl (C=O) groups excluding carboxylic acids is 1. The van der Waals surface area contributed by atoms with Crippen LogP contribution < -0.4 is 5.32 Å². The molecule has 3 rings (SSSR count). The van der Waals surface area contributed by atoms with Crippen LogP contribution in [0.3, 0.4) is 0 Å². The van der Waals surface area contributed by atoms with Crippen LogP contribution in [-0.4, -0.2) is 28.6 Å². The molecule has 0 saturated heterocycles. The number of rotatable bonds is 3. The molecule has 0 spiro atoms. The van der Waals surface area contributed by atoms with Crippen LogP contribution in [0.1, 0.15) is 22.5 Å². The highest BCUT2D eigenvalue weighted by molar-refractivity contribution is 6.31. The van der Waals surface area contributed by atoms with Gasteiger partial charge in [-0.15, -0.1) is 0 Å². The Hall–Kier alpha value is -1.78. The van der Waals surface area contributed by atoms with Gasteiger partial charge >= 0.3 is 0 Å². The predicted molar refractivity (Wildman–Crippen MR) is 83.6 cm³/mol. The predicted octanol–water partition coefficient (Wildman–Crippen LogP) is 2.80. The van der Waals surface area contributed by atoms with Gasteiger partial charge in [0.05, 0.1) is 5.56 Å². The summed E-state index contributed by atoms with van der Waals surface area (Å²) in [5, 5.41) is 13.6. The minimum atomic E-state index is -0.116. The summed E-state index contributed by atoms with van der Waals surface area (Å²) in [6, 6.07) is 5.44. The van der Waals surface area contributed by atoms with Gasteiger partial charge in [-0.1, -0.05) is 23.8 Å². The molecular formula is C16H17ClN2O2. The maximum Gasteiger partial charge on any atom is 0.254 e. The fourth-order valence-corrected chi connectivity index (χ4v) is 3.02. The van der Waals surface area contributed by atoms with Crippen LogP contribution >= 0.6 is 11.6 Å². The Morgan fingerprint density at radius 1 is 1.48 bits per heavy atom. The number of fused-ring (bicyclic) bond motifs is 1. The average molecular weight is 305 g/mol. The summed E-state index contributed by atoms with van der Waals surface area (Å²) in [5.74, 6) is 0.0167. The first-order chi connectivity index (χ1) is 10.1. The van der Waals surface area contributed by atoms with Crippen LogP contribution in [0.4, 0.5) is 0 Å². The van der Waals surface area contributed by atoms with Gasteiger partial charge in [0.15, 0.2) is 0 Å². The second-order valence-corrected chi connectivity index (χ2v) is 5.89. The zero-order valence-electron chi connectivity index (χ0n) is 11.7. The van der Waals surface area contributed by atoms with Crippen LogP contribution in [0, 0.1) is 12.8 Å². The number of aliphatic hydroxyl groups is 1. The van der Waals surface area contributed by atoms with E-state index in [1.165, 1.54) is 0 Å². The van der Waals surface area contributed by atoms with Gasteiger partial charge in [-0.05, 0) is 31.5 Å². The average Bonchev–Trinajstić information content (AvgIpc) is 3.01. The Morgan fingerprint density at radius 2 is 2.29 bits per heavy atom. The maximum absolute atomic E-state index is 12.5. The van der Waals surface area contributed by atoms with Gasteiger partial charge in [-0.2, -0.15) is 0 Å². The van der Waals surface area contributed by atoms with E-state index >= 15 is 0 Å². The number of aliphatic hydroxyl groups excluding tert-OH is 1. The Morgan fingerprint density at radius 3 is 3.00 bits per heavy atom. The van der Waals surface area contributed by atoms with E-state index in [9.17, 15) is 4.79 Å². The molecule has 5 heteroatoms. The summed E-state index contributed by atoms with van der Waals surface area (Å²) in [4.78, 5) is 15.7. The number of aryl methyl sites for hydroxylation is 1. The second kappa shape index (κ2) is 5.54. The highest BCUT2D eigenvalue weighted by Gasteiger charge is 2.23. The van der Waals surface area contributed by atoms with E-state index in [4.69, 9.17) is 16.7 Å². The first-order valence-electron chi connectivity index (χ1n) is 6.96. The van der Waals surface area contributed by atoms with Gasteiger partial charge < -0.3 is 15.4 Å². The topological polar surface area (TPSA) is 65.1 Å². The van der Waals surface area contributed by atoms with Crippen molar-refractivity contribution in [1.82, 2.24) is 10.3 Å². The maximum atomic E-state index is 12.5. The van der Waals surface area contributed by atoms with Crippen molar-refractivity contribution in [1.29, 1.82) is 0 Å². The van der Waals surface area contributed by atoms with Gasteiger partial charge in [0.1, 0.15) is 0 Å². The molecule has 1 amide bonds. The number of nitrogens with one attached hydrogen (secondary N) is 2. The smallest absolute Gasteiger partial charge is 0.254 e. The SMILES string of the molecule is Cc1[nH]c2ccc(Cl)cc2c1C(=O)N[C@@H]1C=C[C@H](CO)C1. The van der Waals surface area contributed by atoms with Gasteiger partial charge in [0.2, 0.25) is 0 Å². The van der Waals surface area contributed by atoms with Crippen molar-refractivity contribution in [3.05, 3.63) is 46.6 Å². The van der Waals surface area contributed by atoms with Crippen LogP contribution in [0.2, 0.25) is 5.02 Å². The molecule has 4 nitrogen and oxygen atoms in total. The number of aromatic amines is 1. The van der Waals surface area contributed by atoms with Crippen molar-refractivity contribution in [3.8, 4) is 0 Å². The van der Waals surface area contributed by atoms with Crippen molar-refractivity contribution in [2.75, 3.05) is 6.61 Å². The molecule has 0 bridgehead atoms. The lowest BCUT2D eigenvalue weighted by molar-refractivity contribution is 0.0942. The molecule has 0 unspecified atom stereocenters. The summed E-state index contributed by atoms with van der Waals surface area (Å²) in [6.07, 6.45) is 4.63. The largest absolute Gasteiger partial charge is 0.396 e. The zero-order valence-corrected chi connectivity index (χ0v) is 12.4. The summed E-state index contributed by atoms with van der Waals surface area (Å²) in [5.41, 5.74) is 2.36. The molecule has 1 aromatic heterocycles. The Kier molecular flexibility index (Phi) is 3.74. The standard InChI is InChI=1S/C16H17ClN2O2/c1-9-15(13-7-11(17)3-5-14(13)18-9)16(21)19-12-4-2-10(6-12)8-20/h2-5,7,10,12,18,20H,6,8H2,1H3,(H,19,21)/t10-,12+/m0/s1. The fourth-order valence-electron chi connectivity index (χ4n) is 2.85. The monoisotopic (exact) mass is 304 g/mol. The molecule has 1 aromatic carbocycles. The van der Waals surface area contributed by atoms with E-state index < -0.39 is 0 Å². The summed E-state index contributed by atoms with van der Waals surface area (Å²) in [6.45, 7) is 1.99. The van der Waals surface area contributed by atoms with Gasteiger partial charge in [-0.3, -0.25) is 4.79 Å². The summed E-state index contributed by atoms with van der Waals surface area (Å²) in [7, 11) is 0. The molecule has 2 aromatic rings. The zero-order chi connectivity index (χ0) is 15.0. The molecule has 1 aliphatic carbocycles. The first-order valence-corrected chi connectivity index (χ1v) is 7.34. The first kappa shape index (κ1) is 14.2. The molecular weight excluding hydrogens is 288 g/mol. The van der Waals surface area contributed by atoms with E-state index in [1.807, 2.05) is 25.1 Å². The Labute approximate surface area is 127 Å². The number of amides is 1. The van der Waals surface area contributed by atoms with Crippen molar-refractivity contribution in [3.63, 3.8) is 0 Å². The number of benzene rings is 1. The van der Waals surface area contributed by atoms with Crippen molar-refractivity contribution in [2.24, 2.45) is 5.92 Å². The Bertz CT molecular complexity index is 720. The van der Waals surface area contributed by atoms with Crippen LogP contribution in [0.5, 0.6) is 0 Å². The number of carbonyl (C=O) groups is 1. The van der Waals surface area contributed by atoms with Gasteiger partial charge in [-0.25, -0.2) is 0 Å². The molecule has 0 saturated carbocycles. The third-order valence-electron chi connectivity index (χ3n) is 3.90. The van der Waals surface area contributed by atoms with Crippen LogP contribution in [0.15, 0.2) is 30.4 Å². The van der Waals surface area contributed by atoms with Crippen molar-refractivity contribution < 1.29 is 9.90 Å². The summed E-state index contributed by atoms with van der Waals surface area (Å²) >= 11 is 6.03. The number of hydrogen-bond donors (Lipinski definition) is 3. The minimum Gasteiger partial charge on any atom is -0.396 e. The number of H-pyrrole nitrogens is 1. The van der Waals surface area contributed by atoms with E-state index in [-0.39, 0.29) is 24.5 Å². The quantitative estimate of drug-likeness (QED) is 0.763. The highest BCUT2D eigenvalue weighted by atomic mass is 35.5. The van der Waals surface area contributed by atoms with E-state index in [1.54, 1.807) is 12.1 Å². The number of halogens is 1. The molecule has 0 radical (unpaired) electrons. The van der Waals surface area contributed by atoms with Gasteiger partial charge in [0, 0.05) is 40.2 Å². The minimum absolute atomic E-state index is 0.0295. The molecule has 21 heavy (non-hydrogen) atoms. The molecule has 0 aliphatic heterocycles. The lowest BCUT2D eigenvalue weighted by Gasteiger charge is -2.13. The molecule has 3 N–H and O–H groups in total. The van der Waals surface area contributed by atoms with E-state index in [0.717, 1.165) is 23.0 Å². The number of aromatic nitrogens is 1. The molecule has 110 valence electrons. The third-order valence-corrected chi connectivity index (χ3v) is 4.13. The lowest BCUT2D eigenvalue weighted by atomic mass is 10.1. The highest BCUT2D eigenvalue weighted by Crippen LogP contribution is 2.26. The number of hydrogen-bond acceptors (Lipinski definition) is 2. The molecule has 1 heterocycles. The second-order valence-electron chi connectivity index (χ2n) is 5.46. The van der Waals surface area contributed by atoms with Crippen LogP contribution in [0.25, 0.3) is 10.9 Å².